The van der Waals surface area contributed by atoms with E-state index in [1.54, 1.807) is 0 Å². The molecule has 0 unspecified atom stereocenters. The smallest absolute Gasteiger partial charge is 0.191 e. The number of piperazine rings is 1. The topological polar surface area (TPSA) is 47.8 Å². The zero-order chi connectivity index (χ0) is 20.3. The molecule has 1 aromatic heterocycles. The highest BCUT2D eigenvalue weighted by Gasteiger charge is 2.16. The molecule has 0 atom stereocenters. The number of nitrogens with one attached hydrogen (secondary N) is 2. The zero-order valence-electron chi connectivity index (χ0n) is 18.0. The Balaban J connectivity index is 1.55. The Morgan fingerprint density at radius 3 is 2.28 bits per heavy atom. The first kappa shape index (κ1) is 21.4. The Morgan fingerprint density at radius 2 is 1.59 bits per heavy atom. The van der Waals surface area contributed by atoms with Crippen LogP contribution in [0.5, 0.6) is 0 Å². The highest BCUT2D eigenvalue weighted by molar-refractivity contribution is 5.79. The van der Waals surface area contributed by atoms with Gasteiger partial charge in [-0.25, -0.2) is 4.99 Å². The molecule has 29 heavy (non-hydrogen) atoms. The number of nitrogens with zero attached hydrogens (tertiary/aromatic N) is 4. The van der Waals surface area contributed by atoms with Crippen molar-refractivity contribution in [1.29, 1.82) is 0 Å². The molecule has 0 saturated carbocycles. The molecule has 0 aliphatic carbocycles. The quantitative estimate of drug-likeness (QED) is 0.505. The molecule has 1 saturated heterocycles. The van der Waals surface area contributed by atoms with E-state index < -0.39 is 0 Å². The fraction of sp³-hybridized carbons (Fsp3) is 0.522. The molecule has 6 nitrogen and oxygen atoms in total. The summed E-state index contributed by atoms with van der Waals surface area (Å²) in [7, 11) is 0. The van der Waals surface area contributed by atoms with Gasteiger partial charge in [-0.3, -0.25) is 4.90 Å². The Morgan fingerprint density at radius 1 is 0.897 bits per heavy atom. The second-order valence-corrected chi connectivity index (χ2v) is 7.52. The van der Waals surface area contributed by atoms with Gasteiger partial charge in [-0.05, 0) is 36.7 Å². The molecule has 0 spiro atoms. The van der Waals surface area contributed by atoms with Gasteiger partial charge in [0.15, 0.2) is 5.96 Å². The van der Waals surface area contributed by atoms with Crippen LogP contribution in [0.4, 0.5) is 0 Å². The third kappa shape index (κ3) is 6.91. The van der Waals surface area contributed by atoms with Crippen LogP contribution in [-0.2, 0) is 19.6 Å². The Labute approximate surface area is 175 Å². The molecule has 1 fully saturated rings. The van der Waals surface area contributed by atoms with Crippen molar-refractivity contribution in [2.75, 3.05) is 45.8 Å². The minimum absolute atomic E-state index is 0.698. The normalized spacial score (nSPS) is 16.1. The van der Waals surface area contributed by atoms with E-state index in [4.69, 9.17) is 4.99 Å². The van der Waals surface area contributed by atoms with Gasteiger partial charge in [0.1, 0.15) is 0 Å². The first-order valence-electron chi connectivity index (χ1n) is 10.9. The van der Waals surface area contributed by atoms with Crippen LogP contribution in [-0.4, -0.2) is 66.1 Å². The summed E-state index contributed by atoms with van der Waals surface area (Å²) in [5.74, 6) is 0.881. The van der Waals surface area contributed by atoms with E-state index in [9.17, 15) is 0 Å². The second kappa shape index (κ2) is 11.6. The van der Waals surface area contributed by atoms with Gasteiger partial charge in [-0.15, -0.1) is 0 Å². The minimum Gasteiger partial charge on any atom is -0.357 e. The van der Waals surface area contributed by atoms with Crippen molar-refractivity contribution in [2.45, 2.75) is 33.5 Å². The molecule has 6 heteroatoms. The van der Waals surface area contributed by atoms with Crippen LogP contribution in [0.3, 0.4) is 0 Å². The Kier molecular flexibility index (Phi) is 8.58. The standard InChI is InChI=1S/C23H36N6/c1-3-24-23(25-11-14-28-12-7-8-13-28)26-19-21-9-5-6-10-22(21)20-29-17-15-27(4-2)16-18-29/h5-10,12-13H,3-4,11,14-20H2,1-2H3,(H2,24,25,26). The second-order valence-electron chi connectivity index (χ2n) is 7.52. The monoisotopic (exact) mass is 396 g/mol. The SMILES string of the molecule is CCNC(=NCc1ccccc1CN1CCN(CC)CC1)NCCn1cccc1. The van der Waals surface area contributed by atoms with E-state index in [1.165, 1.54) is 24.2 Å². The number of hydrogen-bond donors (Lipinski definition) is 2. The number of rotatable bonds is 9. The number of likely N-dealkylation sites (N-methyl/N-ethyl adjacent to an activating group) is 1. The Hall–Kier alpha value is -2.31. The van der Waals surface area contributed by atoms with E-state index in [-0.39, 0.29) is 0 Å². The molecule has 158 valence electrons. The lowest BCUT2D eigenvalue weighted by molar-refractivity contribution is 0.131. The van der Waals surface area contributed by atoms with Gasteiger partial charge in [0, 0.05) is 64.8 Å². The molecule has 2 aromatic rings. The average molecular weight is 397 g/mol. The highest BCUT2D eigenvalue weighted by atomic mass is 15.3. The number of hydrogen-bond acceptors (Lipinski definition) is 3. The number of benzene rings is 1. The van der Waals surface area contributed by atoms with Crippen molar-refractivity contribution in [2.24, 2.45) is 4.99 Å². The lowest BCUT2D eigenvalue weighted by Crippen LogP contribution is -2.45. The van der Waals surface area contributed by atoms with E-state index in [2.05, 4.69) is 87.6 Å². The average Bonchev–Trinajstić information content (AvgIpc) is 3.27. The maximum absolute atomic E-state index is 4.84. The summed E-state index contributed by atoms with van der Waals surface area (Å²) in [5.41, 5.74) is 2.71. The van der Waals surface area contributed by atoms with Crippen molar-refractivity contribution in [3.05, 3.63) is 59.9 Å². The van der Waals surface area contributed by atoms with E-state index in [0.717, 1.165) is 51.8 Å². The lowest BCUT2D eigenvalue weighted by Gasteiger charge is -2.34. The molecule has 0 amide bonds. The van der Waals surface area contributed by atoms with Gasteiger partial charge < -0.3 is 20.1 Å². The predicted octanol–water partition coefficient (Wildman–Crippen LogP) is 2.38. The highest BCUT2D eigenvalue weighted by Crippen LogP contribution is 2.14. The maximum Gasteiger partial charge on any atom is 0.191 e. The van der Waals surface area contributed by atoms with E-state index in [1.807, 2.05) is 0 Å². The molecular weight excluding hydrogens is 360 g/mol. The van der Waals surface area contributed by atoms with Crippen LogP contribution in [0.2, 0.25) is 0 Å². The Bertz CT molecular complexity index is 732. The van der Waals surface area contributed by atoms with Gasteiger partial charge in [-0.2, -0.15) is 0 Å². The van der Waals surface area contributed by atoms with E-state index >= 15 is 0 Å². The molecule has 0 radical (unpaired) electrons. The zero-order valence-corrected chi connectivity index (χ0v) is 18.0. The lowest BCUT2D eigenvalue weighted by atomic mass is 10.1. The van der Waals surface area contributed by atoms with Crippen molar-refractivity contribution in [3.63, 3.8) is 0 Å². The summed E-state index contributed by atoms with van der Waals surface area (Å²) in [6, 6.07) is 12.8. The summed E-state index contributed by atoms with van der Waals surface area (Å²) in [6.45, 7) is 14.5. The summed E-state index contributed by atoms with van der Waals surface area (Å²) in [6.07, 6.45) is 4.17. The third-order valence-corrected chi connectivity index (χ3v) is 5.50. The first-order chi connectivity index (χ1) is 14.3. The number of aromatic nitrogens is 1. The number of aliphatic imine (C=N–C) groups is 1. The summed E-state index contributed by atoms with van der Waals surface area (Å²) < 4.78 is 2.17. The van der Waals surface area contributed by atoms with Gasteiger partial charge >= 0.3 is 0 Å². The van der Waals surface area contributed by atoms with Crippen LogP contribution in [0, 0.1) is 0 Å². The third-order valence-electron chi connectivity index (χ3n) is 5.50. The van der Waals surface area contributed by atoms with Gasteiger partial charge in [0.25, 0.3) is 0 Å². The van der Waals surface area contributed by atoms with Gasteiger partial charge in [0.2, 0.25) is 0 Å². The molecular formula is C23H36N6. The number of guanidine groups is 1. The molecule has 1 aromatic carbocycles. The molecule has 1 aliphatic rings. The van der Waals surface area contributed by atoms with Crippen LogP contribution in [0.1, 0.15) is 25.0 Å². The predicted molar refractivity (Wildman–Crippen MR) is 121 cm³/mol. The van der Waals surface area contributed by atoms with Crippen LogP contribution >= 0.6 is 0 Å². The van der Waals surface area contributed by atoms with Crippen molar-refractivity contribution < 1.29 is 0 Å². The van der Waals surface area contributed by atoms with Crippen molar-refractivity contribution >= 4 is 5.96 Å². The minimum atomic E-state index is 0.698. The molecule has 1 aliphatic heterocycles. The van der Waals surface area contributed by atoms with Crippen LogP contribution in [0.25, 0.3) is 0 Å². The van der Waals surface area contributed by atoms with Gasteiger partial charge in [-0.1, -0.05) is 31.2 Å². The summed E-state index contributed by atoms with van der Waals surface area (Å²) >= 11 is 0. The fourth-order valence-corrected chi connectivity index (χ4v) is 3.70. The molecule has 2 heterocycles. The van der Waals surface area contributed by atoms with Crippen LogP contribution < -0.4 is 10.6 Å². The first-order valence-corrected chi connectivity index (χ1v) is 10.9. The summed E-state index contributed by atoms with van der Waals surface area (Å²) in [5, 5.41) is 6.80. The fourth-order valence-electron chi connectivity index (χ4n) is 3.70. The maximum atomic E-state index is 4.84. The van der Waals surface area contributed by atoms with Crippen molar-refractivity contribution in [1.82, 2.24) is 25.0 Å². The summed E-state index contributed by atoms with van der Waals surface area (Å²) in [4.78, 5) is 9.93. The molecule has 2 N–H and O–H groups in total. The molecule has 3 rings (SSSR count). The van der Waals surface area contributed by atoms with Crippen LogP contribution in [0.15, 0.2) is 53.8 Å². The van der Waals surface area contributed by atoms with Crippen molar-refractivity contribution in [3.8, 4) is 0 Å². The van der Waals surface area contributed by atoms with Gasteiger partial charge in [0.05, 0.1) is 6.54 Å². The molecule has 0 bridgehead atoms. The van der Waals surface area contributed by atoms with E-state index in [0.29, 0.717) is 6.54 Å². The largest absolute Gasteiger partial charge is 0.357 e.